The predicted molar refractivity (Wildman–Crippen MR) is 101 cm³/mol. The highest BCUT2D eigenvalue weighted by Crippen LogP contribution is 2.47. The second-order valence-corrected chi connectivity index (χ2v) is 8.18. The molecule has 0 spiro atoms. The lowest BCUT2D eigenvalue weighted by Gasteiger charge is -2.42. The van der Waals surface area contributed by atoms with E-state index in [1.54, 1.807) is 4.90 Å². The number of nitrogens with zero attached hydrogens (tertiary/aromatic N) is 3. The van der Waals surface area contributed by atoms with Gasteiger partial charge in [0.25, 0.3) is 0 Å². The van der Waals surface area contributed by atoms with Gasteiger partial charge < -0.3 is 19.9 Å². The number of hydrogen-bond donors (Lipinski definition) is 1. The van der Waals surface area contributed by atoms with Gasteiger partial charge >= 0.3 is 6.18 Å². The minimum atomic E-state index is -4.40. The van der Waals surface area contributed by atoms with Gasteiger partial charge in [-0.15, -0.1) is 0 Å². The average molecular weight is 410 g/mol. The molecule has 0 bridgehead atoms. The highest BCUT2D eigenvalue weighted by molar-refractivity contribution is 5.94. The van der Waals surface area contributed by atoms with E-state index in [4.69, 9.17) is 10.1 Å². The maximum atomic E-state index is 13.5. The number of carbonyl (C=O) groups excluding carboxylic acids is 1. The number of nitrogens with one attached hydrogen (secondary N) is 1. The number of halogens is 3. The van der Waals surface area contributed by atoms with Crippen molar-refractivity contribution in [3.8, 4) is 0 Å². The lowest BCUT2D eigenvalue weighted by molar-refractivity contribution is -0.145. The van der Waals surface area contributed by atoms with Crippen molar-refractivity contribution in [2.24, 2.45) is 11.3 Å². The highest BCUT2D eigenvalue weighted by Gasteiger charge is 2.52. The number of carbonyl (C=O) groups is 1. The lowest BCUT2D eigenvalue weighted by atomic mass is 9.72. The molecule has 1 aromatic heterocycles. The summed E-state index contributed by atoms with van der Waals surface area (Å²) >= 11 is 0. The molecule has 3 fully saturated rings. The summed E-state index contributed by atoms with van der Waals surface area (Å²) < 4.78 is 44.4. The van der Waals surface area contributed by atoms with Gasteiger partial charge in [0, 0.05) is 44.7 Å². The largest absolute Gasteiger partial charge is 0.416 e. The van der Waals surface area contributed by atoms with Crippen LogP contribution in [0.5, 0.6) is 0 Å². The summed E-state index contributed by atoms with van der Waals surface area (Å²) in [6, 6.07) is 2.03. The Kier molecular flexibility index (Phi) is 5.27. The fourth-order valence-corrected chi connectivity index (χ4v) is 4.83. The van der Waals surface area contributed by atoms with Gasteiger partial charge in [-0.25, -0.2) is 4.98 Å². The van der Waals surface area contributed by atoms with E-state index in [2.05, 4.69) is 4.98 Å². The molecule has 2 saturated heterocycles. The molecule has 2 aliphatic heterocycles. The van der Waals surface area contributed by atoms with Gasteiger partial charge in [-0.1, -0.05) is 0 Å². The van der Waals surface area contributed by atoms with Gasteiger partial charge in [-0.05, 0) is 43.7 Å². The summed E-state index contributed by atoms with van der Waals surface area (Å²) in [5.74, 6) is 0.501. The molecule has 2 atom stereocenters. The maximum Gasteiger partial charge on any atom is 0.416 e. The molecule has 6 nitrogen and oxygen atoms in total. The number of aromatic nitrogens is 1. The Labute approximate surface area is 167 Å². The molecule has 1 N–H and O–H groups in total. The Morgan fingerprint density at radius 3 is 2.62 bits per heavy atom. The molecule has 4 rings (SSSR count). The Balaban J connectivity index is 1.45. The summed E-state index contributed by atoms with van der Waals surface area (Å²) in [6.07, 6.45) is -0.556. The fraction of sp³-hybridized carbons (Fsp3) is 0.650. The van der Waals surface area contributed by atoms with E-state index < -0.39 is 17.2 Å². The Hall–Kier alpha value is -2.16. The molecular formula is C20H25F3N4O2. The highest BCUT2D eigenvalue weighted by atomic mass is 19.4. The zero-order valence-corrected chi connectivity index (χ0v) is 16.2. The first-order valence-electron chi connectivity index (χ1n) is 10.0. The third-order valence-electron chi connectivity index (χ3n) is 6.50. The summed E-state index contributed by atoms with van der Waals surface area (Å²) in [7, 11) is 0. The van der Waals surface area contributed by atoms with Crippen molar-refractivity contribution in [3.63, 3.8) is 0 Å². The third-order valence-corrected chi connectivity index (χ3v) is 6.50. The summed E-state index contributed by atoms with van der Waals surface area (Å²) in [5, 5.41) is 8.07. The van der Waals surface area contributed by atoms with Crippen molar-refractivity contribution in [1.82, 2.24) is 9.88 Å². The number of rotatable bonds is 3. The molecule has 1 amide bonds. The van der Waals surface area contributed by atoms with E-state index in [0.29, 0.717) is 64.4 Å². The number of amides is 1. The van der Waals surface area contributed by atoms with E-state index in [1.807, 2.05) is 4.90 Å². The number of pyridine rings is 1. The third kappa shape index (κ3) is 3.84. The molecule has 29 heavy (non-hydrogen) atoms. The van der Waals surface area contributed by atoms with Crippen LogP contribution in [-0.4, -0.2) is 60.9 Å². The summed E-state index contributed by atoms with van der Waals surface area (Å²) in [6.45, 7) is 2.98. The second-order valence-electron chi connectivity index (χ2n) is 8.18. The number of anilines is 1. The Bertz CT molecular complexity index is 786. The summed E-state index contributed by atoms with van der Waals surface area (Å²) in [5.41, 5.74) is -0.646. The van der Waals surface area contributed by atoms with Crippen LogP contribution in [0.2, 0.25) is 0 Å². The van der Waals surface area contributed by atoms with E-state index in [1.165, 1.54) is 6.20 Å². The molecule has 1 unspecified atom stereocenters. The number of ether oxygens (including phenoxy) is 1. The minimum absolute atomic E-state index is 0.0758. The minimum Gasteiger partial charge on any atom is -0.381 e. The van der Waals surface area contributed by atoms with Gasteiger partial charge in [-0.2, -0.15) is 13.2 Å². The predicted octanol–water partition coefficient (Wildman–Crippen LogP) is 2.98. The normalized spacial score (nSPS) is 28.2. The van der Waals surface area contributed by atoms with Crippen LogP contribution in [0.3, 0.4) is 0 Å². The summed E-state index contributed by atoms with van der Waals surface area (Å²) in [4.78, 5) is 21.2. The first-order chi connectivity index (χ1) is 13.8. The molecule has 1 aromatic rings. The zero-order valence-electron chi connectivity index (χ0n) is 16.2. The van der Waals surface area contributed by atoms with Gasteiger partial charge in [0.05, 0.1) is 17.6 Å². The van der Waals surface area contributed by atoms with Crippen molar-refractivity contribution < 1.29 is 22.7 Å². The van der Waals surface area contributed by atoms with E-state index in [0.717, 1.165) is 18.6 Å². The monoisotopic (exact) mass is 410 g/mol. The van der Waals surface area contributed by atoms with Crippen LogP contribution < -0.4 is 4.90 Å². The fourth-order valence-electron chi connectivity index (χ4n) is 4.83. The van der Waals surface area contributed by atoms with Crippen LogP contribution in [0.25, 0.3) is 0 Å². The zero-order chi connectivity index (χ0) is 20.6. The van der Waals surface area contributed by atoms with Crippen LogP contribution in [-0.2, 0) is 15.7 Å². The van der Waals surface area contributed by atoms with Crippen LogP contribution >= 0.6 is 0 Å². The van der Waals surface area contributed by atoms with E-state index in [9.17, 15) is 18.0 Å². The van der Waals surface area contributed by atoms with Crippen molar-refractivity contribution in [2.75, 3.05) is 44.3 Å². The van der Waals surface area contributed by atoms with Crippen LogP contribution in [0.4, 0.5) is 19.0 Å². The Morgan fingerprint density at radius 2 is 2.03 bits per heavy atom. The standard InChI is InChI=1S/C20H25F3N4O2/c21-20(22,23)14-2-5-25-17(11-14)26-6-8-27(9-7-26)18(28)19(4-1-16(24)12-19)15-3-10-29-13-15/h2,5,11,15,24H,1,3-4,6-10,12-13H2/t15?,19-/m0/s1. The molecule has 0 radical (unpaired) electrons. The first-order valence-corrected chi connectivity index (χ1v) is 10.0. The van der Waals surface area contributed by atoms with Gasteiger partial charge in [0.1, 0.15) is 5.82 Å². The van der Waals surface area contributed by atoms with E-state index in [-0.39, 0.29) is 17.6 Å². The molecular weight excluding hydrogens is 385 g/mol. The van der Waals surface area contributed by atoms with Crippen LogP contribution in [0.15, 0.2) is 18.3 Å². The topological polar surface area (TPSA) is 69.5 Å². The maximum absolute atomic E-state index is 13.5. The number of piperazine rings is 1. The first kappa shape index (κ1) is 20.1. The lowest BCUT2D eigenvalue weighted by Crippen LogP contribution is -2.54. The smallest absolute Gasteiger partial charge is 0.381 e. The van der Waals surface area contributed by atoms with Crippen LogP contribution in [0.1, 0.15) is 31.2 Å². The molecule has 158 valence electrons. The van der Waals surface area contributed by atoms with Crippen molar-refractivity contribution >= 4 is 17.4 Å². The molecule has 1 aliphatic carbocycles. The van der Waals surface area contributed by atoms with Gasteiger partial charge in [0.15, 0.2) is 0 Å². The quantitative estimate of drug-likeness (QED) is 0.832. The Morgan fingerprint density at radius 1 is 1.28 bits per heavy atom. The van der Waals surface area contributed by atoms with E-state index >= 15 is 0 Å². The van der Waals surface area contributed by atoms with Crippen LogP contribution in [0, 0.1) is 16.7 Å². The van der Waals surface area contributed by atoms with Crippen molar-refractivity contribution in [3.05, 3.63) is 23.9 Å². The SMILES string of the molecule is N=C1CC[C@@](C(=O)N2CCN(c3cc(C(F)(F)F)ccn3)CC2)(C2CCOC2)C1. The van der Waals surface area contributed by atoms with Gasteiger partial charge in [-0.3, -0.25) is 4.79 Å². The molecule has 9 heteroatoms. The second kappa shape index (κ2) is 7.59. The average Bonchev–Trinajstić information content (AvgIpc) is 3.38. The number of hydrogen-bond acceptors (Lipinski definition) is 5. The molecule has 0 aromatic carbocycles. The van der Waals surface area contributed by atoms with Crippen molar-refractivity contribution in [2.45, 2.75) is 31.9 Å². The van der Waals surface area contributed by atoms with Gasteiger partial charge in [0.2, 0.25) is 5.91 Å². The molecule has 3 heterocycles. The molecule has 1 saturated carbocycles. The van der Waals surface area contributed by atoms with Crippen molar-refractivity contribution in [1.29, 1.82) is 5.41 Å². The number of alkyl halides is 3. The molecule has 3 aliphatic rings.